The molecule has 0 spiro atoms. The van der Waals surface area contributed by atoms with E-state index in [4.69, 9.17) is 27.9 Å². The summed E-state index contributed by atoms with van der Waals surface area (Å²) in [5.74, 6) is 12.6. The minimum Gasteiger partial charge on any atom is -0.425 e. The lowest BCUT2D eigenvalue weighted by Gasteiger charge is -2.09. The minimum absolute atomic E-state index is 0.404. The van der Waals surface area contributed by atoms with E-state index in [1.54, 1.807) is 12.1 Å². The van der Waals surface area contributed by atoms with Crippen LogP contribution in [0.5, 0.6) is 5.75 Å². The molecule has 0 amide bonds. The van der Waals surface area contributed by atoms with Crippen LogP contribution in [-0.2, 0) is 4.79 Å². The van der Waals surface area contributed by atoms with Crippen molar-refractivity contribution < 1.29 is 9.53 Å². The van der Waals surface area contributed by atoms with Gasteiger partial charge in [-0.2, -0.15) is 0 Å². The first-order valence-electron chi connectivity index (χ1n) is 10.2. The van der Waals surface area contributed by atoms with Gasteiger partial charge in [0, 0.05) is 33.7 Å². The first kappa shape index (κ1) is 22.5. The maximum absolute atomic E-state index is 11.7. The fourth-order valence-corrected chi connectivity index (χ4v) is 3.51. The van der Waals surface area contributed by atoms with Gasteiger partial charge in [0.25, 0.3) is 0 Å². The molecule has 0 heterocycles. The highest BCUT2D eigenvalue weighted by atomic mass is 35.5. The van der Waals surface area contributed by atoms with Gasteiger partial charge in [0.15, 0.2) is 0 Å². The zero-order valence-electron chi connectivity index (χ0n) is 18.0. The number of benzene rings is 4. The summed E-state index contributed by atoms with van der Waals surface area (Å²) in [4.78, 5) is 11.7. The van der Waals surface area contributed by atoms with Crippen LogP contribution in [-0.4, -0.2) is 5.97 Å². The molecule has 4 aromatic carbocycles. The molecule has 0 unspecified atom stereocenters. The second kappa shape index (κ2) is 9.85. The predicted octanol–water partition coefficient (Wildman–Crippen LogP) is 7.18. The number of carbonyl (C=O) groups is 1. The number of fused-ring (bicyclic) bond motifs is 1. The molecule has 33 heavy (non-hydrogen) atoms. The van der Waals surface area contributed by atoms with E-state index in [-0.39, 0.29) is 0 Å². The average Bonchev–Trinajstić information content (AvgIpc) is 2.78. The summed E-state index contributed by atoms with van der Waals surface area (Å²) in [5.41, 5.74) is 4.27. The predicted molar refractivity (Wildman–Crippen MR) is 135 cm³/mol. The number of hydrogen-bond acceptors (Lipinski definition) is 2. The largest absolute Gasteiger partial charge is 0.425 e. The summed E-state index contributed by atoms with van der Waals surface area (Å²) in [6.07, 6.45) is 0. The summed E-state index contributed by atoms with van der Waals surface area (Å²) >= 11 is 11.9. The molecule has 4 rings (SSSR count). The van der Waals surface area contributed by atoms with Crippen molar-refractivity contribution in [3.8, 4) is 29.4 Å². The molecule has 2 nitrogen and oxygen atoms in total. The maximum Gasteiger partial charge on any atom is 0.308 e. The van der Waals surface area contributed by atoms with E-state index in [9.17, 15) is 4.79 Å². The van der Waals surface area contributed by atoms with Gasteiger partial charge in [-0.15, -0.1) is 0 Å². The van der Waals surface area contributed by atoms with Gasteiger partial charge in [0.05, 0.1) is 5.56 Å². The Morgan fingerprint density at radius 2 is 1.18 bits per heavy atom. The van der Waals surface area contributed by atoms with E-state index >= 15 is 0 Å². The van der Waals surface area contributed by atoms with Gasteiger partial charge in [0.2, 0.25) is 0 Å². The van der Waals surface area contributed by atoms with Crippen LogP contribution in [0.2, 0.25) is 10.0 Å². The van der Waals surface area contributed by atoms with Crippen LogP contribution < -0.4 is 4.74 Å². The Labute approximate surface area is 203 Å². The Kier molecular flexibility index (Phi) is 6.71. The molecule has 0 saturated heterocycles. The smallest absolute Gasteiger partial charge is 0.308 e. The first-order chi connectivity index (χ1) is 15.9. The number of aryl methyl sites for hydroxylation is 1. The van der Waals surface area contributed by atoms with E-state index in [1.807, 2.05) is 61.5 Å². The molecule has 4 aromatic rings. The normalized spacial score (nSPS) is 10.1. The summed E-state index contributed by atoms with van der Waals surface area (Å²) in [7, 11) is 0. The van der Waals surface area contributed by atoms with Crippen molar-refractivity contribution in [2.75, 3.05) is 0 Å². The molecule has 0 bridgehead atoms. The van der Waals surface area contributed by atoms with Crippen LogP contribution in [0.25, 0.3) is 10.8 Å². The summed E-state index contributed by atoms with van der Waals surface area (Å²) < 4.78 is 5.46. The quantitative estimate of drug-likeness (QED) is 0.168. The Hall–Kier alpha value is -3.69. The van der Waals surface area contributed by atoms with Crippen molar-refractivity contribution in [3.05, 3.63) is 111 Å². The number of ether oxygens (including phenoxy) is 1. The molecule has 0 saturated carbocycles. The lowest BCUT2D eigenvalue weighted by atomic mass is 9.99. The zero-order chi connectivity index (χ0) is 23.4. The summed E-state index contributed by atoms with van der Waals surface area (Å²) in [6, 6.07) is 22.5. The molecule has 0 fully saturated rings. The van der Waals surface area contributed by atoms with Crippen molar-refractivity contribution in [2.45, 2.75) is 13.8 Å². The molecule has 0 aliphatic carbocycles. The number of hydrogen-bond donors (Lipinski definition) is 0. The van der Waals surface area contributed by atoms with Crippen molar-refractivity contribution in [2.24, 2.45) is 0 Å². The molecular weight excluding hydrogens is 451 g/mol. The van der Waals surface area contributed by atoms with Crippen LogP contribution in [0.1, 0.15) is 34.7 Å². The zero-order valence-corrected chi connectivity index (χ0v) is 19.5. The van der Waals surface area contributed by atoms with Crippen molar-refractivity contribution in [3.63, 3.8) is 0 Å². The van der Waals surface area contributed by atoms with Gasteiger partial charge in [-0.1, -0.05) is 52.9 Å². The van der Waals surface area contributed by atoms with Gasteiger partial charge in [0.1, 0.15) is 5.75 Å². The third-order valence-corrected chi connectivity index (χ3v) is 5.41. The maximum atomic E-state index is 11.7. The van der Waals surface area contributed by atoms with Crippen LogP contribution in [0.4, 0.5) is 0 Å². The Morgan fingerprint density at radius 1 is 0.697 bits per heavy atom. The Balaban J connectivity index is 1.76. The highest BCUT2D eigenvalue weighted by Crippen LogP contribution is 2.28. The Bertz CT molecular complexity index is 1480. The van der Waals surface area contributed by atoms with Crippen LogP contribution in [0, 0.1) is 30.6 Å². The van der Waals surface area contributed by atoms with Gasteiger partial charge < -0.3 is 4.74 Å². The molecule has 0 aliphatic heterocycles. The average molecular weight is 469 g/mol. The molecule has 160 valence electrons. The number of esters is 1. The van der Waals surface area contributed by atoms with E-state index in [1.165, 1.54) is 6.92 Å². The second-order valence-electron chi connectivity index (χ2n) is 7.47. The van der Waals surface area contributed by atoms with Gasteiger partial charge in [-0.05, 0) is 90.0 Å². The first-order valence-corrected chi connectivity index (χ1v) is 10.9. The Morgan fingerprint density at radius 3 is 1.73 bits per heavy atom. The van der Waals surface area contributed by atoms with Crippen molar-refractivity contribution in [1.82, 2.24) is 0 Å². The van der Waals surface area contributed by atoms with E-state index in [0.717, 1.165) is 33.0 Å². The molecular formula is C29H18Cl2O2. The lowest BCUT2D eigenvalue weighted by molar-refractivity contribution is -0.131. The third-order valence-electron chi connectivity index (χ3n) is 4.91. The van der Waals surface area contributed by atoms with E-state index < -0.39 is 5.97 Å². The van der Waals surface area contributed by atoms with Crippen LogP contribution in [0.15, 0.2) is 72.8 Å². The molecule has 0 N–H and O–H groups in total. The lowest BCUT2D eigenvalue weighted by Crippen LogP contribution is -2.03. The van der Waals surface area contributed by atoms with Gasteiger partial charge in [-0.3, -0.25) is 4.79 Å². The number of halogens is 2. The highest BCUT2D eigenvalue weighted by molar-refractivity contribution is 6.30. The standard InChI is InChI=1S/C29H18Cl2O2/c1-19-15-25-17-24(10-4-22-7-13-28(31)14-8-22)29(33-20(2)32)18-26(25)16-23(19)9-3-21-5-11-27(30)12-6-21/h5-8,11-18H,1-2H3. The van der Waals surface area contributed by atoms with Gasteiger partial charge in [-0.25, -0.2) is 0 Å². The third kappa shape index (κ3) is 5.76. The van der Waals surface area contributed by atoms with E-state index in [2.05, 4.69) is 29.7 Å². The molecule has 4 heteroatoms. The fraction of sp³-hybridized carbons (Fsp3) is 0.0690. The summed E-state index contributed by atoms with van der Waals surface area (Å²) in [6.45, 7) is 3.39. The molecule has 0 aromatic heterocycles. The minimum atomic E-state index is -0.404. The number of rotatable bonds is 1. The van der Waals surface area contributed by atoms with Gasteiger partial charge >= 0.3 is 5.97 Å². The number of carbonyl (C=O) groups excluding carboxylic acids is 1. The molecule has 0 radical (unpaired) electrons. The van der Waals surface area contributed by atoms with E-state index in [0.29, 0.717) is 21.4 Å². The van der Waals surface area contributed by atoms with Crippen molar-refractivity contribution >= 4 is 39.9 Å². The fourth-order valence-electron chi connectivity index (χ4n) is 3.26. The molecule has 0 aliphatic rings. The summed E-state index contributed by atoms with van der Waals surface area (Å²) in [5, 5.41) is 3.22. The second-order valence-corrected chi connectivity index (χ2v) is 8.34. The SMILES string of the molecule is CC(=O)Oc1cc2cc(C#Cc3ccc(Cl)cc3)c(C)cc2cc1C#Cc1ccc(Cl)cc1. The highest BCUT2D eigenvalue weighted by Gasteiger charge is 2.09. The van der Waals surface area contributed by atoms with Crippen LogP contribution in [0.3, 0.4) is 0 Å². The van der Waals surface area contributed by atoms with Crippen molar-refractivity contribution in [1.29, 1.82) is 0 Å². The topological polar surface area (TPSA) is 26.3 Å². The monoisotopic (exact) mass is 468 g/mol. The molecule has 0 atom stereocenters. The van der Waals surface area contributed by atoms with Crippen LogP contribution >= 0.6 is 23.2 Å².